The van der Waals surface area contributed by atoms with Crippen molar-refractivity contribution in [3.05, 3.63) is 54.6 Å². The van der Waals surface area contributed by atoms with Crippen molar-refractivity contribution in [3.63, 3.8) is 0 Å². The van der Waals surface area contributed by atoms with Crippen LogP contribution in [-0.4, -0.2) is 6.71 Å². The minimum absolute atomic E-state index is 0.136. The van der Waals surface area contributed by atoms with Gasteiger partial charge in [-0.3, -0.25) is 0 Å². The van der Waals surface area contributed by atoms with E-state index in [4.69, 9.17) is 13.9 Å². The van der Waals surface area contributed by atoms with Gasteiger partial charge in [0.15, 0.2) is 0 Å². The third-order valence-electron chi connectivity index (χ3n) is 6.12. The molecule has 0 amide bonds. The first-order valence-electron chi connectivity index (χ1n) is 8.82. The van der Waals surface area contributed by atoms with Gasteiger partial charge < -0.3 is 13.9 Å². The van der Waals surface area contributed by atoms with Crippen molar-refractivity contribution >= 4 is 55.8 Å². The van der Waals surface area contributed by atoms with Gasteiger partial charge in [-0.1, -0.05) is 18.2 Å². The summed E-state index contributed by atoms with van der Waals surface area (Å²) in [4.78, 5) is 0. The Labute approximate surface area is 147 Å². The van der Waals surface area contributed by atoms with Gasteiger partial charge in [-0.25, -0.2) is 0 Å². The van der Waals surface area contributed by atoms with Crippen LogP contribution >= 0.6 is 0 Å². The van der Waals surface area contributed by atoms with Crippen LogP contribution in [-0.2, 0) is 0 Å². The van der Waals surface area contributed by atoms with Crippen molar-refractivity contribution in [1.29, 1.82) is 0 Å². The molecular formula is C22H9BO3. The first-order valence-corrected chi connectivity index (χ1v) is 8.82. The Morgan fingerprint density at radius 2 is 1.15 bits per heavy atom. The Morgan fingerprint density at radius 3 is 2.00 bits per heavy atom. The van der Waals surface area contributed by atoms with Gasteiger partial charge in [-0.15, -0.1) is 0 Å². The summed E-state index contributed by atoms with van der Waals surface area (Å²) in [5.74, 6) is 3.65. The monoisotopic (exact) mass is 332 g/mol. The zero-order valence-electron chi connectivity index (χ0n) is 13.5. The van der Waals surface area contributed by atoms with Crippen LogP contribution in [0.2, 0.25) is 0 Å². The smallest absolute Gasteiger partial charge is 0.262 e. The maximum Gasteiger partial charge on any atom is 0.262 e. The van der Waals surface area contributed by atoms with E-state index in [2.05, 4.69) is 24.3 Å². The SMILES string of the molecule is c1cc2c3c(c1)Oc1ccc4oc5ccc6ccc(c7c6c5c4c1B37)O2. The number of furan rings is 1. The zero-order chi connectivity index (χ0) is 16.6. The lowest BCUT2D eigenvalue weighted by atomic mass is 9.32. The molecule has 4 heterocycles. The number of rotatable bonds is 0. The summed E-state index contributed by atoms with van der Waals surface area (Å²) < 4.78 is 18.8. The average Bonchev–Trinajstić information content (AvgIpc) is 3.07. The molecule has 4 heteroatoms. The van der Waals surface area contributed by atoms with Gasteiger partial charge in [0.2, 0.25) is 0 Å². The normalized spacial score (nSPS) is 14.7. The van der Waals surface area contributed by atoms with Crippen LogP contribution in [0.4, 0.5) is 0 Å². The van der Waals surface area contributed by atoms with Crippen LogP contribution in [0.25, 0.3) is 32.7 Å². The molecule has 0 unspecified atom stereocenters. The largest absolute Gasteiger partial charge is 0.458 e. The molecule has 0 saturated carbocycles. The van der Waals surface area contributed by atoms with E-state index in [1.165, 1.54) is 32.5 Å². The first-order chi connectivity index (χ1) is 12.9. The van der Waals surface area contributed by atoms with Crippen molar-refractivity contribution < 1.29 is 13.9 Å². The van der Waals surface area contributed by atoms with Crippen LogP contribution in [0.3, 0.4) is 0 Å². The summed E-state index contributed by atoms with van der Waals surface area (Å²) in [5, 5.41) is 4.87. The maximum absolute atomic E-state index is 6.31. The summed E-state index contributed by atoms with van der Waals surface area (Å²) in [6.45, 7) is 0.136. The molecule has 0 aliphatic carbocycles. The highest BCUT2D eigenvalue weighted by atomic mass is 16.5. The van der Waals surface area contributed by atoms with Gasteiger partial charge in [0.05, 0.1) is 0 Å². The third-order valence-corrected chi connectivity index (χ3v) is 6.12. The third kappa shape index (κ3) is 1.08. The van der Waals surface area contributed by atoms with Gasteiger partial charge in [-0.2, -0.15) is 0 Å². The molecule has 118 valence electrons. The molecule has 0 saturated heterocycles. The minimum Gasteiger partial charge on any atom is -0.458 e. The van der Waals surface area contributed by atoms with E-state index in [1.807, 2.05) is 30.3 Å². The molecule has 3 aliphatic rings. The second kappa shape index (κ2) is 3.58. The molecule has 0 spiro atoms. The van der Waals surface area contributed by atoms with E-state index in [0.717, 1.165) is 39.6 Å². The van der Waals surface area contributed by atoms with E-state index < -0.39 is 0 Å². The van der Waals surface area contributed by atoms with Gasteiger partial charge in [0, 0.05) is 16.2 Å². The second-order valence-electron chi connectivity index (χ2n) is 7.27. The minimum atomic E-state index is 0.136. The van der Waals surface area contributed by atoms with Crippen LogP contribution < -0.4 is 25.9 Å². The standard InChI is InChI=1S/C22H9BO3/c1-2-13-20-14(3-1)26-16-9-8-12-19-18-11(24-12)6-4-10-5-7-15(25-13)21(17(10)18)23(20)22(16)19/h1-9H. The summed E-state index contributed by atoms with van der Waals surface area (Å²) in [5.41, 5.74) is 5.46. The molecule has 0 atom stereocenters. The lowest BCUT2D eigenvalue weighted by Gasteiger charge is -2.35. The molecule has 0 fully saturated rings. The van der Waals surface area contributed by atoms with Crippen LogP contribution in [0.15, 0.2) is 59.0 Å². The van der Waals surface area contributed by atoms with E-state index >= 15 is 0 Å². The Hall–Kier alpha value is -3.40. The molecule has 3 nitrogen and oxygen atoms in total. The van der Waals surface area contributed by atoms with Gasteiger partial charge in [-0.05, 0) is 58.1 Å². The summed E-state index contributed by atoms with van der Waals surface area (Å²) in [7, 11) is 0. The van der Waals surface area contributed by atoms with Crippen LogP contribution in [0.1, 0.15) is 0 Å². The van der Waals surface area contributed by atoms with Crippen molar-refractivity contribution in [2.24, 2.45) is 0 Å². The number of hydrogen-bond donors (Lipinski definition) is 0. The van der Waals surface area contributed by atoms with E-state index in [1.54, 1.807) is 0 Å². The lowest BCUT2D eigenvalue weighted by Crippen LogP contribution is -2.58. The van der Waals surface area contributed by atoms with Gasteiger partial charge in [0.1, 0.15) is 34.2 Å². The van der Waals surface area contributed by atoms with Crippen molar-refractivity contribution in [2.45, 2.75) is 0 Å². The average molecular weight is 332 g/mol. The molecule has 0 bridgehead atoms. The lowest BCUT2D eigenvalue weighted by molar-refractivity contribution is 0.465. The highest BCUT2D eigenvalue weighted by molar-refractivity contribution is 7.02. The fraction of sp³-hybridized carbons (Fsp3) is 0. The van der Waals surface area contributed by atoms with Crippen LogP contribution in [0, 0.1) is 0 Å². The van der Waals surface area contributed by atoms with E-state index in [-0.39, 0.29) is 6.71 Å². The van der Waals surface area contributed by atoms with Crippen molar-refractivity contribution in [2.75, 3.05) is 0 Å². The van der Waals surface area contributed by atoms with E-state index in [9.17, 15) is 0 Å². The molecule has 4 aromatic carbocycles. The highest BCUT2D eigenvalue weighted by Crippen LogP contribution is 2.44. The second-order valence-corrected chi connectivity index (χ2v) is 7.27. The quantitative estimate of drug-likeness (QED) is 0.396. The van der Waals surface area contributed by atoms with Gasteiger partial charge >= 0.3 is 0 Å². The predicted molar refractivity (Wildman–Crippen MR) is 102 cm³/mol. The van der Waals surface area contributed by atoms with E-state index in [0.29, 0.717) is 0 Å². The highest BCUT2D eigenvalue weighted by Gasteiger charge is 2.45. The summed E-state index contributed by atoms with van der Waals surface area (Å²) >= 11 is 0. The predicted octanol–water partition coefficient (Wildman–Crippen LogP) is 3.78. The molecule has 0 N–H and O–H groups in total. The number of hydrogen-bond acceptors (Lipinski definition) is 3. The number of benzene rings is 4. The Morgan fingerprint density at radius 1 is 0.538 bits per heavy atom. The van der Waals surface area contributed by atoms with Crippen molar-refractivity contribution in [3.8, 4) is 23.0 Å². The molecular weight excluding hydrogens is 323 g/mol. The zero-order valence-corrected chi connectivity index (χ0v) is 13.5. The fourth-order valence-electron chi connectivity index (χ4n) is 5.19. The van der Waals surface area contributed by atoms with Crippen molar-refractivity contribution in [1.82, 2.24) is 0 Å². The molecule has 3 aliphatic heterocycles. The van der Waals surface area contributed by atoms with Crippen LogP contribution in [0.5, 0.6) is 23.0 Å². The molecule has 8 rings (SSSR count). The molecule has 5 aromatic rings. The van der Waals surface area contributed by atoms with Gasteiger partial charge in [0.25, 0.3) is 6.71 Å². The Bertz CT molecular complexity index is 1470. The molecule has 26 heavy (non-hydrogen) atoms. The number of ether oxygens (including phenoxy) is 2. The summed E-state index contributed by atoms with van der Waals surface area (Å²) in [6.07, 6.45) is 0. The fourth-order valence-corrected chi connectivity index (χ4v) is 5.19. The molecule has 0 radical (unpaired) electrons. The first kappa shape index (κ1) is 12.0. The maximum atomic E-state index is 6.31. The summed E-state index contributed by atoms with van der Waals surface area (Å²) in [6, 6.07) is 18.6. The Balaban J connectivity index is 1.77. The Kier molecular flexibility index (Phi) is 1.66. The topological polar surface area (TPSA) is 31.6 Å². The molecule has 1 aromatic heterocycles.